The van der Waals surface area contributed by atoms with E-state index in [2.05, 4.69) is 15.5 Å². The number of nitrogens with one attached hydrogen (secondary N) is 1. The van der Waals surface area contributed by atoms with Crippen LogP contribution in [0, 0.1) is 6.92 Å². The summed E-state index contributed by atoms with van der Waals surface area (Å²) in [5, 5.41) is 11.3. The molecule has 25 heavy (non-hydrogen) atoms. The summed E-state index contributed by atoms with van der Waals surface area (Å²) >= 11 is 0. The maximum atomic E-state index is 5.72. The van der Waals surface area contributed by atoms with Gasteiger partial charge in [-0.05, 0) is 24.6 Å². The van der Waals surface area contributed by atoms with Crippen molar-refractivity contribution in [3.05, 3.63) is 59.7 Å². The molecule has 6 nitrogen and oxygen atoms in total. The minimum atomic E-state index is 0.380. The lowest BCUT2D eigenvalue weighted by Crippen LogP contribution is -2.07. The van der Waals surface area contributed by atoms with E-state index in [-0.39, 0.29) is 0 Å². The molecule has 0 aliphatic rings. The number of hydrogen-bond donors (Lipinski definition) is 1. The molecule has 6 heteroatoms. The van der Waals surface area contributed by atoms with Crippen molar-refractivity contribution in [2.45, 2.75) is 13.5 Å². The van der Waals surface area contributed by atoms with Gasteiger partial charge < -0.3 is 19.2 Å². The van der Waals surface area contributed by atoms with Gasteiger partial charge in [0.05, 0.1) is 6.61 Å². The van der Waals surface area contributed by atoms with Crippen LogP contribution in [0.25, 0.3) is 11.5 Å². The number of aromatic nitrogens is 2. The van der Waals surface area contributed by atoms with E-state index in [9.17, 15) is 0 Å². The van der Waals surface area contributed by atoms with Gasteiger partial charge in [-0.15, -0.1) is 5.10 Å². The SMILES string of the molecule is COCCOc1ccccc1CNc1nnc(-c2ccccc2C)o1. The van der Waals surface area contributed by atoms with Crippen LogP contribution in [0.4, 0.5) is 6.01 Å². The zero-order chi connectivity index (χ0) is 17.5. The number of aryl methyl sites for hydroxylation is 1. The van der Waals surface area contributed by atoms with Gasteiger partial charge in [0.15, 0.2) is 0 Å². The van der Waals surface area contributed by atoms with Crippen LogP contribution in [0.5, 0.6) is 5.75 Å². The Morgan fingerprint density at radius 1 is 1.00 bits per heavy atom. The quantitative estimate of drug-likeness (QED) is 0.631. The molecule has 1 heterocycles. The first-order valence-corrected chi connectivity index (χ1v) is 8.11. The summed E-state index contributed by atoms with van der Waals surface area (Å²) in [5.41, 5.74) is 3.04. The van der Waals surface area contributed by atoms with E-state index in [1.807, 2.05) is 55.5 Å². The Morgan fingerprint density at radius 2 is 1.80 bits per heavy atom. The molecule has 0 saturated heterocycles. The fraction of sp³-hybridized carbons (Fsp3) is 0.263. The molecule has 0 amide bonds. The van der Waals surface area contributed by atoms with E-state index in [4.69, 9.17) is 13.9 Å². The van der Waals surface area contributed by atoms with Gasteiger partial charge in [0.1, 0.15) is 12.4 Å². The zero-order valence-electron chi connectivity index (χ0n) is 14.4. The van der Waals surface area contributed by atoms with Crippen LogP contribution in [0.2, 0.25) is 0 Å². The summed E-state index contributed by atoms with van der Waals surface area (Å²) in [6.07, 6.45) is 0. The summed E-state index contributed by atoms with van der Waals surface area (Å²) < 4.78 is 16.5. The predicted octanol–water partition coefficient (Wildman–Crippen LogP) is 3.68. The number of methoxy groups -OCH3 is 1. The van der Waals surface area contributed by atoms with Crippen LogP contribution >= 0.6 is 0 Å². The highest BCUT2D eigenvalue weighted by Crippen LogP contribution is 2.24. The first-order chi connectivity index (χ1) is 12.3. The number of para-hydroxylation sites is 1. The molecule has 130 valence electrons. The number of rotatable bonds is 8. The van der Waals surface area contributed by atoms with E-state index >= 15 is 0 Å². The van der Waals surface area contributed by atoms with Crippen LogP contribution in [0.3, 0.4) is 0 Å². The van der Waals surface area contributed by atoms with E-state index in [0.717, 1.165) is 22.4 Å². The molecule has 1 N–H and O–H groups in total. The van der Waals surface area contributed by atoms with Crippen LogP contribution in [0.1, 0.15) is 11.1 Å². The lowest BCUT2D eigenvalue weighted by Gasteiger charge is -2.11. The van der Waals surface area contributed by atoms with Gasteiger partial charge >= 0.3 is 6.01 Å². The van der Waals surface area contributed by atoms with Crippen molar-refractivity contribution in [1.82, 2.24) is 10.2 Å². The van der Waals surface area contributed by atoms with Crippen LogP contribution < -0.4 is 10.1 Å². The molecular weight excluding hydrogens is 318 g/mol. The Kier molecular flexibility index (Phi) is 5.64. The lowest BCUT2D eigenvalue weighted by atomic mass is 10.1. The van der Waals surface area contributed by atoms with E-state index in [1.54, 1.807) is 7.11 Å². The van der Waals surface area contributed by atoms with Crippen molar-refractivity contribution in [2.24, 2.45) is 0 Å². The molecule has 3 aromatic rings. The third-order valence-corrected chi connectivity index (χ3v) is 3.75. The van der Waals surface area contributed by atoms with Crippen molar-refractivity contribution >= 4 is 6.01 Å². The number of ether oxygens (including phenoxy) is 2. The van der Waals surface area contributed by atoms with Crippen molar-refractivity contribution in [1.29, 1.82) is 0 Å². The average molecular weight is 339 g/mol. The molecule has 0 aliphatic heterocycles. The third-order valence-electron chi connectivity index (χ3n) is 3.75. The first-order valence-electron chi connectivity index (χ1n) is 8.11. The van der Waals surface area contributed by atoms with Crippen LogP contribution in [-0.4, -0.2) is 30.5 Å². The highest BCUT2D eigenvalue weighted by atomic mass is 16.5. The third kappa shape index (κ3) is 4.36. The van der Waals surface area contributed by atoms with Crippen LogP contribution in [-0.2, 0) is 11.3 Å². The standard InChI is InChI=1S/C19H21N3O3/c1-14-7-3-5-9-16(14)18-21-22-19(25-18)20-13-15-8-4-6-10-17(15)24-12-11-23-2/h3-10H,11-13H2,1-2H3,(H,20,22). The van der Waals surface area contributed by atoms with Crippen molar-refractivity contribution in [2.75, 3.05) is 25.6 Å². The molecule has 0 radical (unpaired) electrons. The second-order valence-corrected chi connectivity index (χ2v) is 5.53. The Bertz CT molecular complexity index is 817. The van der Waals surface area contributed by atoms with Gasteiger partial charge in [-0.1, -0.05) is 41.5 Å². The Morgan fingerprint density at radius 3 is 2.64 bits per heavy atom. The first kappa shape index (κ1) is 17.0. The monoisotopic (exact) mass is 339 g/mol. The van der Waals surface area contributed by atoms with E-state index in [1.165, 1.54) is 0 Å². The van der Waals surface area contributed by atoms with Gasteiger partial charge in [-0.2, -0.15) is 0 Å². The minimum Gasteiger partial charge on any atom is -0.491 e. The predicted molar refractivity (Wildman–Crippen MR) is 95.6 cm³/mol. The molecule has 0 spiro atoms. The second-order valence-electron chi connectivity index (χ2n) is 5.53. The van der Waals surface area contributed by atoms with Gasteiger partial charge in [-0.25, -0.2) is 0 Å². The molecule has 3 rings (SSSR count). The maximum Gasteiger partial charge on any atom is 0.316 e. The summed E-state index contributed by atoms with van der Waals surface area (Å²) in [5.74, 6) is 1.32. The van der Waals surface area contributed by atoms with Crippen LogP contribution in [0.15, 0.2) is 52.9 Å². The molecular formula is C19H21N3O3. The molecule has 0 saturated carbocycles. The largest absolute Gasteiger partial charge is 0.491 e. The molecule has 1 aromatic heterocycles. The van der Waals surface area contributed by atoms with Gasteiger partial charge in [0, 0.05) is 24.8 Å². The fourth-order valence-electron chi connectivity index (χ4n) is 2.41. The topological polar surface area (TPSA) is 69.4 Å². The highest BCUT2D eigenvalue weighted by molar-refractivity contribution is 5.58. The number of nitrogens with zero attached hydrogens (tertiary/aromatic N) is 2. The minimum absolute atomic E-state index is 0.380. The molecule has 2 aromatic carbocycles. The average Bonchev–Trinajstić information content (AvgIpc) is 3.10. The second kappa shape index (κ2) is 8.30. The summed E-state index contributed by atoms with van der Waals surface area (Å²) in [6.45, 7) is 3.59. The van der Waals surface area contributed by atoms with Gasteiger partial charge in [-0.3, -0.25) is 0 Å². The normalized spacial score (nSPS) is 10.6. The lowest BCUT2D eigenvalue weighted by molar-refractivity contribution is 0.146. The van der Waals surface area contributed by atoms with Crippen molar-refractivity contribution in [3.63, 3.8) is 0 Å². The molecule has 0 bridgehead atoms. The molecule has 0 aliphatic carbocycles. The van der Waals surface area contributed by atoms with E-state index < -0.39 is 0 Å². The number of benzene rings is 2. The number of anilines is 1. The zero-order valence-corrected chi connectivity index (χ0v) is 14.4. The molecule has 0 atom stereocenters. The van der Waals surface area contributed by atoms with Crippen molar-refractivity contribution in [3.8, 4) is 17.2 Å². The molecule has 0 unspecified atom stereocenters. The fourth-order valence-corrected chi connectivity index (χ4v) is 2.41. The molecule has 0 fully saturated rings. The van der Waals surface area contributed by atoms with E-state index in [0.29, 0.717) is 31.7 Å². The van der Waals surface area contributed by atoms with Gasteiger partial charge in [0.25, 0.3) is 0 Å². The van der Waals surface area contributed by atoms with Gasteiger partial charge in [0.2, 0.25) is 5.89 Å². The van der Waals surface area contributed by atoms with Crippen molar-refractivity contribution < 1.29 is 13.9 Å². The maximum absolute atomic E-state index is 5.72. The summed E-state index contributed by atoms with van der Waals surface area (Å²) in [7, 11) is 1.65. The summed E-state index contributed by atoms with van der Waals surface area (Å²) in [4.78, 5) is 0. The number of hydrogen-bond acceptors (Lipinski definition) is 6. The summed E-state index contributed by atoms with van der Waals surface area (Å²) in [6, 6.07) is 16.1. The Hall–Kier alpha value is -2.86. The smallest absolute Gasteiger partial charge is 0.316 e. The highest BCUT2D eigenvalue weighted by Gasteiger charge is 2.11. The Balaban J connectivity index is 1.66. The Labute approximate surface area is 146 Å².